The SMILES string of the molecule is O=C1CC[C@@H](NC[C@@H]2CCOC2)[C@H](c2cc(F)cc(F)c2)N1. The molecule has 2 fully saturated rings. The number of ether oxygens (including phenoxy) is 1. The summed E-state index contributed by atoms with van der Waals surface area (Å²) in [6.07, 6.45) is 2.10. The van der Waals surface area contributed by atoms with Crippen LogP contribution in [0.3, 0.4) is 0 Å². The zero-order valence-electron chi connectivity index (χ0n) is 12.3. The van der Waals surface area contributed by atoms with Crippen LogP contribution in [0.15, 0.2) is 18.2 Å². The van der Waals surface area contributed by atoms with Gasteiger partial charge in [0.2, 0.25) is 5.91 Å². The second kappa shape index (κ2) is 6.71. The molecule has 3 rings (SSSR count). The molecule has 2 aliphatic heterocycles. The molecule has 2 aliphatic rings. The highest BCUT2D eigenvalue weighted by Gasteiger charge is 2.31. The van der Waals surface area contributed by atoms with E-state index >= 15 is 0 Å². The van der Waals surface area contributed by atoms with Gasteiger partial charge >= 0.3 is 0 Å². The standard InChI is InChI=1S/C16H20F2N2O2/c17-12-5-11(6-13(18)7-12)16-14(1-2-15(21)20-16)19-8-10-3-4-22-9-10/h5-7,10,14,16,19H,1-4,8-9H2,(H,20,21)/t10-,14+,16-/m0/s1. The van der Waals surface area contributed by atoms with Gasteiger partial charge in [-0.05, 0) is 36.5 Å². The van der Waals surface area contributed by atoms with Crippen molar-refractivity contribution in [1.82, 2.24) is 10.6 Å². The summed E-state index contributed by atoms with van der Waals surface area (Å²) < 4.78 is 32.2. The Hall–Kier alpha value is -1.53. The van der Waals surface area contributed by atoms with Crippen LogP contribution in [0.4, 0.5) is 8.78 Å². The number of amides is 1. The molecule has 0 saturated carbocycles. The van der Waals surface area contributed by atoms with E-state index in [1.807, 2.05) is 0 Å². The first-order valence-electron chi connectivity index (χ1n) is 7.68. The van der Waals surface area contributed by atoms with Gasteiger partial charge in [0, 0.05) is 31.7 Å². The van der Waals surface area contributed by atoms with Gasteiger partial charge in [-0.15, -0.1) is 0 Å². The Kier molecular flexibility index (Phi) is 4.69. The van der Waals surface area contributed by atoms with Gasteiger partial charge in [-0.1, -0.05) is 0 Å². The number of benzene rings is 1. The highest BCUT2D eigenvalue weighted by Crippen LogP contribution is 2.26. The Morgan fingerprint density at radius 1 is 1.23 bits per heavy atom. The first kappa shape index (κ1) is 15.4. The number of rotatable bonds is 4. The number of hydrogen-bond donors (Lipinski definition) is 2. The van der Waals surface area contributed by atoms with E-state index in [0.29, 0.717) is 24.3 Å². The van der Waals surface area contributed by atoms with E-state index < -0.39 is 17.7 Å². The molecule has 0 aliphatic carbocycles. The molecule has 2 N–H and O–H groups in total. The van der Waals surface area contributed by atoms with E-state index in [1.165, 1.54) is 12.1 Å². The van der Waals surface area contributed by atoms with E-state index in [1.54, 1.807) is 0 Å². The van der Waals surface area contributed by atoms with Gasteiger partial charge in [-0.25, -0.2) is 8.78 Å². The topological polar surface area (TPSA) is 50.4 Å². The van der Waals surface area contributed by atoms with Crippen molar-refractivity contribution in [1.29, 1.82) is 0 Å². The zero-order valence-corrected chi connectivity index (χ0v) is 12.3. The van der Waals surface area contributed by atoms with Crippen molar-refractivity contribution < 1.29 is 18.3 Å². The molecule has 2 heterocycles. The quantitative estimate of drug-likeness (QED) is 0.893. The number of carbonyl (C=O) groups excluding carboxylic acids is 1. The number of piperidine rings is 1. The molecule has 0 radical (unpaired) electrons. The lowest BCUT2D eigenvalue weighted by Gasteiger charge is -2.34. The van der Waals surface area contributed by atoms with E-state index in [4.69, 9.17) is 4.74 Å². The largest absolute Gasteiger partial charge is 0.381 e. The summed E-state index contributed by atoms with van der Waals surface area (Å²) in [5.74, 6) is -0.880. The first-order valence-corrected chi connectivity index (χ1v) is 7.68. The van der Waals surface area contributed by atoms with Crippen LogP contribution in [-0.4, -0.2) is 31.7 Å². The van der Waals surface area contributed by atoms with Crippen molar-refractivity contribution in [3.05, 3.63) is 35.4 Å². The molecule has 0 unspecified atom stereocenters. The first-order chi connectivity index (χ1) is 10.6. The van der Waals surface area contributed by atoms with E-state index in [0.717, 1.165) is 32.2 Å². The lowest BCUT2D eigenvalue weighted by Crippen LogP contribution is -2.49. The smallest absolute Gasteiger partial charge is 0.220 e. The molecule has 4 nitrogen and oxygen atoms in total. The van der Waals surface area contributed by atoms with Crippen molar-refractivity contribution in [2.24, 2.45) is 5.92 Å². The van der Waals surface area contributed by atoms with Gasteiger partial charge < -0.3 is 15.4 Å². The molecule has 0 bridgehead atoms. The third kappa shape index (κ3) is 3.62. The lowest BCUT2D eigenvalue weighted by molar-refractivity contribution is -0.123. The van der Waals surface area contributed by atoms with Crippen molar-refractivity contribution >= 4 is 5.91 Å². The maximum Gasteiger partial charge on any atom is 0.220 e. The van der Waals surface area contributed by atoms with E-state index in [9.17, 15) is 13.6 Å². The van der Waals surface area contributed by atoms with Crippen LogP contribution in [-0.2, 0) is 9.53 Å². The number of carbonyl (C=O) groups is 1. The second-order valence-electron chi connectivity index (χ2n) is 6.03. The molecule has 0 aromatic heterocycles. The highest BCUT2D eigenvalue weighted by atomic mass is 19.1. The molecule has 0 spiro atoms. The minimum Gasteiger partial charge on any atom is -0.381 e. The third-order valence-corrected chi connectivity index (χ3v) is 4.34. The Morgan fingerprint density at radius 2 is 2.00 bits per heavy atom. The molecule has 1 aromatic rings. The minimum absolute atomic E-state index is 0.0282. The average molecular weight is 310 g/mol. The second-order valence-corrected chi connectivity index (χ2v) is 6.03. The molecular formula is C16H20F2N2O2. The molecule has 6 heteroatoms. The lowest BCUT2D eigenvalue weighted by atomic mass is 9.91. The van der Waals surface area contributed by atoms with Gasteiger partial charge in [0.15, 0.2) is 0 Å². The molecule has 120 valence electrons. The summed E-state index contributed by atoms with van der Waals surface area (Å²) in [5, 5.41) is 6.28. The van der Waals surface area contributed by atoms with Crippen LogP contribution in [0, 0.1) is 17.6 Å². The summed E-state index contributed by atoms with van der Waals surface area (Å²) in [6, 6.07) is 2.97. The van der Waals surface area contributed by atoms with Crippen molar-refractivity contribution in [3.8, 4) is 0 Å². The molecule has 22 heavy (non-hydrogen) atoms. The van der Waals surface area contributed by atoms with Crippen LogP contribution in [0.25, 0.3) is 0 Å². The fourth-order valence-corrected chi connectivity index (χ4v) is 3.15. The van der Waals surface area contributed by atoms with Crippen molar-refractivity contribution in [2.45, 2.75) is 31.3 Å². The van der Waals surface area contributed by atoms with Crippen molar-refractivity contribution in [3.63, 3.8) is 0 Å². The third-order valence-electron chi connectivity index (χ3n) is 4.34. The van der Waals surface area contributed by atoms with Gasteiger partial charge in [0.05, 0.1) is 12.6 Å². The molecule has 3 atom stereocenters. The molecule has 2 saturated heterocycles. The Balaban J connectivity index is 1.72. The normalized spacial score (nSPS) is 28.6. The van der Waals surface area contributed by atoms with Gasteiger partial charge in [-0.2, -0.15) is 0 Å². The summed E-state index contributed by atoms with van der Waals surface area (Å²) in [6.45, 7) is 2.31. The van der Waals surface area contributed by atoms with E-state index in [2.05, 4.69) is 10.6 Å². The predicted molar refractivity (Wildman–Crippen MR) is 77.2 cm³/mol. The summed E-state index contributed by atoms with van der Waals surface area (Å²) in [7, 11) is 0. The van der Waals surface area contributed by atoms with Gasteiger partial charge in [0.25, 0.3) is 0 Å². The number of hydrogen-bond acceptors (Lipinski definition) is 3. The minimum atomic E-state index is -0.627. The Bertz CT molecular complexity index is 527. The van der Waals surface area contributed by atoms with Gasteiger partial charge in [-0.3, -0.25) is 4.79 Å². The monoisotopic (exact) mass is 310 g/mol. The zero-order chi connectivity index (χ0) is 15.5. The fourth-order valence-electron chi connectivity index (χ4n) is 3.15. The highest BCUT2D eigenvalue weighted by molar-refractivity contribution is 5.77. The fraction of sp³-hybridized carbons (Fsp3) is 0.562. The van der Waals surface area contributed by atoms with Crippen LogP contribution in [0.1, 0.15) is 30.9 Å². The van der Waals surface area contributed by atoms with Gasteiger partial charge in [0.1, 0.15) is 11.6 Å². The summed E-state index contributed by atoms with van der Waals surface area (Å²) >= 11 is 0. The van der Waals surface area contributed by atoms with Crippen LogP contribution >= 0.6 is 0 Å². The number of nitrogens with one attached hydrogen (secondary N) is 2. The Morgan fingerprint density at radius 3 is 2.68 bits per heavy atom. The summed E-state index contributed by atoms with van der Waals surface area (Å²) in [5.41, 5.74) is 0.464. The van der Waals surface area contributed by atoms with Crippen molar-refractivity contribution in [2.75, 3.05) is 19.8 Å². The number of halogens is 2. The van der Waals surface area contributed by atoms with Crippen LogP contribution in [0.5, 0.6) is 0 Å². The summed E-state index contributed by atoms with van der Waals surface area (Å²) in [4.78, 5) is 11.7. The maximum absolute atomic E-state index is 13.4. The maximum atomic E-state index is 13.4. The van der Waals surface area contributed by atoms with E-state index in [-0.39, 0.29) is 11.9 Å². The Labute approximate surface area is 128 Å². The molecular weight excluding hydrogens is 290 g/mol. The van der Waals surface area contributed by atoms with Crippen LogP contribution < -0.4 is 10.6 Å². The predicted octanol–water partition coefficient (Wildman–Crippen LogP) is 1.91. The molecule has 1 aromatic carbocycles. The molecule has 1 amide bonds. The van der Waals surface area contributed by atoms with Crippen LogP contribution in [0.2, 0.25) is 0 Å². The average Bonchev–Trinajstić information content (AvgIpc) is 2.98.